The maximum absolute atomic E-state index is 13.3. The number of ether oxygens (including phenoxy) is 1. The van der Waals surface area contributed by atoms with Crippen LogP contribution in [0.5, 0.6) is 11.5 Å². The van der Waals surface area contributed by atoms with Crippen molar-refractivity contribution in [1.82, 2.24) is 9.78 Å². The summed E-state index contributed by atoms with van der Waals surface area (Å²) in [5.74, 6) is 0.653. The van der Waals surface area contributed by atoms with E-state index < -0.39 is 0 Å². The molecule has 0 saturated heterocycles. The smallest absolute Gasteiger partial charge is 0.165 e. The van der Waals surface area contributed by atoms with Crippen LogP contribution in [-0.4, -0.2) is 9.78 Å². The lowest BCUT2D eigenvalue weighted by atomic mass is 10.2. The maximum Gasteiger partial charge on any atom is 0.165 e. The highest BCUT2D eigenvalue weighted by Crippen LogP contribution is 2.23. The van der Waals surface area contributed by atoms with Crippen molar-refractivity contribution in [2.45, 2.75) is 26.4 Å². The van der Waals surface area contributed by atoms with Crippen LogP contribution in [0.2, 0.25) is 0 Å². The first-order valence-electron chi connectivity index (χ1n) is 5.80. The van der Waals surface area contributed by atoms with Gasteiger partial charge >= 0.3 is 0 Å². The molecule has 0 radical (unpaired) electrons. The molecule has 0 saturated carbocycles. The van der Waals surface area contributed by atoms with Crippen molar-refractivity contribution in [1.29, 1.82) is 0 Å². The molecule has 0 bridgehead atoms. The minimum Gasteiger partial charge on any atom is -0.454 e. The number of hydrogen-bond acceptors (Lipinski definition) is 3. The van der Waals surface area contributed by atoms with Gasteiger partial charge in [-0.1, -0.05) is 0 Å². The third-order valence-corrected chi connectivity index (χ3v) is 2.51. The Balaban J connectivity index is 2.19. The highest BCUT2D eigenvalue weighted by Gasteiger charge is 2.06. The molecule has 2 N–H and O–H groups in total. The van der Waals surface area contributed by atoms with E-state index >= 15 is 0 Å². The minimum atomic E-state index is -0.357. The van der Waals surface area contributed by atoms with Gasteiger partial charge in [-0.15, -0.1) is 0 Å². The van der Waals surface area contributed by atoms with Crippen LogP contribution in [0.4, 0.5) is 4.39 Å². The minimum absolute atomic E-state index is 0.259. The fourth-order valence-corrected chi connectivity index (χ4v) is 1.59. The van der Waals surface area contributed by atoms with Gasteiger partial charge < -0.3 is 10.5 Å². The SMILES string of the molecule is CC(C)n1cc(Oc2cc(F)cc(CN)c2)cn1. The van der Waals surface area contributed by atoms with Gasteiger partial charge in [0.1, 0.15) is 11.6 Å². The second-order valence-corrected chi connectivity index (χ2v) is 4.35. The van der Waals surface area contributed by atoms with Crippen LogP contribution in [-0.2, 0) is 6.54 Å². The normalized spacial score (nSPS) is 10.9. The monoisotopic (exact) mass is 249 g/mol. The van der Waals surface area contributed by atoms with Crippen molar-refractivity contribution in [3.63, 3.8) is 0 Å². The largest absolute Gasteiger partial charge is 0.454 e. The summed E-state index contributed by atoms with van der Waals surface area (Å²) in [7, 11) is 0. The summed E-state index contributed by atoms with van der Waals surface area (Å²) >= 11 is 0. The fourth-order valence-electron chi connectivity index (χ4n) is 1.59. The van der Waals surface area contributed by atoms with Gasteiger partial charge in [0.2, 0.25) is 0 Å². The molecule has 5 heteroatoms. The van der Waals surface area contributed by atoms with Crippen molar-refractivity contribution in [3.8, 4) is 11.5 Å². The van der Waals surface area contributed by atoms with Crippen molar-refractivity contribution in [2.24, 2.45) is 5.73 Å². The van der Waals surface area contributed by atoms with E-state index in [4.69, 9.17) is 10.5 Å². The molecule has 96 valence electrons. The molecule has 1 aromatic carbocycles. The summed E-state index contributed by atoms with van der Waals surface area (Å²) in [6.45, 7) is 4.32. The van der Waals surface area contributed by atoms with Gasteiger partial charge in [-0.05, 0) is 31.5 Å². The van der Waals surface area contributed by atoms with Crippen LogP contribution in [0.3, 0.4) is 0 Å². The highest BCUT2D eigenvalue weighted by atomic mass is 19.1. The van der Waals surface area contributed by atoms with Gasteiger partial charge in [0.15, 0.2) is 5.75 Å². The first-order chi connectivity index (χ1) is 8.58. The quantitative estimate of drug-likeness (QED) is 0.906. The third-order valence-electron chi connectivity index (χ3n) is 2.51. The van der Waals surface area contributed by atoms with Gasteiger partial charge in [0, 0.05) is 18.7 Å². The number of rotatable bonds is 4. The Bertz CT molecular complexity index is 537. The third kappa shape index (κ3) is 2.87. The van der Waals surface area contributed by atoms with Gasteiger partial charge in [0.25, 0.3) is 0 Å². The first kappa shape index (κ1) is 12.6. The van der Waals surface area contributed by atoms with E-state index in [9.17, 15) is 4.39 Å². The fraction of sp³-hybridized carbons (Fsp3) is 0.308. The van der Waals surface area contributed by atoms with Crippen LogP contribution >= 0.6 is 0 Å². The highest BCUT2D eigenvalue weighted by molar-refractivity contribution is 5.33. The molecule has 1 aromatic heterocycles. The van der Waals surface area contributed by atoms with E-state index in [2.05, 4.69) is 5.10 Å². The molecular weight excluding hydrogens is 233 g/mol. The van der Waals surface area contributed by atoms with Gasteiger partial charge in [-0.3, -0.25) is 4.68 Å². The molecule has 2 aromatic rings. The molecule has 2 rings (SSSR count). The Hall–Kier alpha value is -1.88. The number of hydrogen-bond donors (Lipinski definition) is 1. The zero-order valence-electron chi connectivity index (χ0n) is 10.4. The molecule has 4 nitrogen and oxygen atoms in total. The number of benzene rings is 1. The van der Waals surface area contributed by atoms with E-state index in [1.165, 1.54) is 12.1 Å². The Labute approximate surface area is 105 Å². The van der Waals surface area contributed by atoms with Crippen LogP contribution in [0, 0.1) is 5.82 Å². The van der Waals surface area contributed by atoms with E-state index in [1.54, 1.807) is 23.1 Å². The van der Waals surface area contributed by atoms with Crippen molar-refractivity contribution in [2.75, 3.05) is 0 Å². The Kier molecular flexibility index (Phi) is 3.62. The molecular formula is C13H16FN3O. The molecule has 0 atom stereocenters. The Morgan fingerprint density at radius 1 is 1.33 bits per heavy atom. The lowest BCUT2D eigenvalue weighted by Crippen LogP contribution is -1.99. The second kappa shape index (κ2) is 5.18. The summed E-state index contributed by atoms with van der Waals surface area (Å²) in [5.41, 5.74) is 6.18. The average Bonchev–Trinajstić information content (AvgIpc) is 2.76. The summed E-state index contributed by atoms with van der Waals surface area (Å²) in [4.78, 5) is 0. The Morgan fingerprint density at radius 3 is 2.72 bits per heavy atom. The molecule has 0 spiro atoms. The molecule has 0 aliphatic carbocycles. The van der Waals surface area contributed by atoms with Gasteiger partial charge in [0.05, 0.1) is 12.4 Å². The lowest BCUT2D eigenvalue weighted by Gasteiger charge is -2.06. The molecule has 0 amide bonds. The summed E-state index contributed by atoms with van der Waals surface area (Å²) in [5, 5.41) is 4.15. The first-order valence-corrected chi connectivity index (χ1v) is 5.80. The van der Waals surface area contributed by atoms with Crippen LogP contribution in [0.1, 0.15) is 25.5 Å². The zero-order chi connectivity index (χ0) is 13.1. The number of aromatic nitrogens is 2. The van der Waals surface area contributed by atoms with E-state index in [0.717, 1.165) is 0 Å². The number of nitrogens with zero attached hydrogens (tertiary/aromatic N) is 2. The topological polar surface area (TPSA) is 53.1 Å². The summed E-state index contributed by atoms with van der Waals surface area (Å²) in [6, 6.07) is 4.70. The number of nitrogens with two attached hydrogens (primary N) is 1. The summed E-state index contributed by atoms with van der Waals surface area (Å²) in [6.07, 6.45) is 3.38. The predicted molar refractivity (Wildman–Crippen MR) is 67.0 cm³/mol. The van der Waals surface area contributed by atoms with Crippen molar-refractivity contribution in [3.05, 3.63) is 42.0 Å². The summed E-state index contributed by atoms with van der Waals surface area (Å²) < 4.78 is 20.6. The standard InChI is InChI=1S/C13H16FN3O/c1-9(2)17-8-13(7-16-17)18-12-4-10(6-15)3-11(14)5-12/h3-5,7-9H,6,15H2,1-2H3. The van der Waals surface area contributed by atoms with E-state index in [0.29, 0.717) is 17.1 Å². The second-order valence-electron chi connectivity index (χ2n) is 4.35. The van der Waals surface area contributed by atoms with Crippen LogP contribution in [0.25, 0.3) is 0 Å². The van der Waals surface area contributed by atoms with Crippen LogP contribution in [0.15, 0.2) is 30.6 Å². The maximum atomic E-state index is 13.3. The molecule has 0 fully saturated rings. The van der Waals surface area contributed by atoms with Gasteiger partial charge in [-0.25, -0.2) is 4.39 Å². The van der Waals surface area contributed by atoms with Gasteiger partial charge in [-0.2, -0.15) is 5.10 Å². The Morgan fingerprint density at radius 2 is 2.11 bits per heavy atom. The van der Waals surface area contributed by atoms with Crippen LogP contribution < -0.4 is 10.5 Å². The predicted octanol–water partition coefficient (Wildman–Crippen LogP) is 2.85. The molecule has 0 unspecified atom stereocenters. The van der Waals surface area contributed by atoms with Crippen molar-refractivity contribution < 1.29 is 9.13 Å². The molecule has 18 heavy (non-hydrogen) atoms. The average molecular weight is 249 g/mol. The molecule has 0 aliphatic rings. The van der Waals surface area contributed by atoms with Crippen molar-refractivity contribution >= 4 is 0 Å². The van der Waals surface area contributed by atoms with E-state index in [1.807, 2.05) is 13.8 Å². The number of halogens is 1. The van der Waals surface area contributed by atoms with E-state index in [-0.39, 0.29) is 18.4 Å². The zero-order valence-corrected chi connectivity index (χ0v) is 10.4. The molecule has 1 heterocycles. The molecule has 0 aliphatic heterocycles. The lowest BCUT2D eigenvalue weighted by molar-refractivity contribution is 0.471.